The van der Waals surface area contributed by atoms with Crippen LogP contribution in [0.4, 0.5) is 0 Å². The van der Waals surface area contributed by atoms with Gasteiger partial charge in [-0.15, -0.1) is 0 Å². The summed E-state index contributed by atoms with van der Waals surface area (Å²) in [6.07, 6.45) is 4.50. The van der Waals surface area contributed by atoms with Gasteiger partial charge in [-0.3, -0.25) is 9.59 Å². The molecule has 2 heterocycles. The second-order valence-corrected chi connectivity index (χ2v) is 6.28. The topological polar surface area (TPSA) is 69.6 Å². The van der Waals surface area contributed by atoms with Gasteiger partial charge in [0.1, 0.15) is 0 Å². The molecular formula is C15H26N2O3. The number of aliphatic carboxylic acids is 1. The van der Waals surface area contributed by atoms with Crippen molar-refractivity contribution in [1.29, 1.82) is 0 Å². The first kappa shape index (κ1) is 15.3. The molecule has 0 aromatic heterocycles. The number of carboxylic acid groups (broad SMARTS) is 1. The fourth-order valence-corrected chi connectivity index (χ4v) is 3.50. The van der Waals surface area contributed by atoms with Gasteiger partial charge in [0, 0.05) is 19.5 Å². The molecule has 0 spiro atoms. The Kier molecular flexibility index (Phi) is 5.02. The van der Waals surface area contributed by atoms with Gasteiger partial charge < -0.3 is 15.3 Å². The van der Waals surface area contributed by atoms with Crippen LogP contribution >= 0.6 is 0 Å². The number of carbonyl (C=O) groups is 2. The molecule has 0 bridgehead atoms. The number of nitrogens with zero attached hydrogens (tertiary/aromatic N) is 1. The summed E-state index contributed by atoms with van der Waals surface area (Å²) in [4.78, 5) is 25.6. The summed E-state index contributed by atoms with van der Waals surface area (Å²) in [6.45, 7) is 5.18. The Morgan fingerprint density at radius 2 is 2.05 bits per heavy atom. The largest absolute Gasteiger partial charge is 0.481 e. The number of carboxylic acids is 1. The van der Waals surface area contributed by atoms with Crippen LogP contribution in [0, 0.1) is 11.3 Å². The number of hydrogen-bond donors (Lipinski definition) is 2. The van der Waals surface area contributed by atoms with E-state index in [1.807, 2.05) is 11.8 Å². The minimum atomic E-state index is -0.688. The van der Waals surface area contributed by atoms with Crippen LogP contribution in [0.25, 0.3) is 0 Å². The molecule has 2 fully saturated rings. The molecular weight excluding hydrogens is 256 g/mol. The van der Waals surface area contributed by atoms with Crippen molar-refractivity contribution in [2.75, 3.05) is 26.2 Å². The quantitative estimate of drug-likeness (QED) is 0.801. The van der Waals surface area contributed by atoms with Crippen LogP contribution in [0.5, 0.6) is 0 Å². The molecule has 1 atom stereocenters. The maximum Gasteiger partial charge on any atom is 0.309 e. The fraction of sp³-hybridized carbons (Fsp3) is 0.867. The lowest BCUT2D eigenvalue weighted by Gasteiger charge is -2.39. The third kappa shape index (κ3) is 3.32. The molecule has 5 heteroatoms. The Morgan fingerprint density at radius 1 is 1.35 bits per heavy atom. The van der Waals surface area contributed by atoms with Gasteiger partial charge in [0.05, 0.1) is 5.41 Å². The zero-order valence-corrected chi connectivity index (χ0v) is 12.4. The number of carbonyl (C=O) groups excluding carboxylic acids is 1. The van der Waals surface area contributed by atoms with Crippen LogP contribution in [0.2, 0.25) is 0 Å². The lowest BCUT2D eigenvalue weighted by atomic mass is 9.75. The van der Waals surface area contributed by atoms with E-state index in [-0.39, 0.29) is 5.91 Å². The van der Waals surface area contributed by atoms with E-state index < -0.39 is 11.4 Å². The van der Waals surface area contributed by atoms with Crippen LogP contribution < -0.4 is 5.32 Å². The summed E-state index contributed by atoms with van der Waals surface area (Å²) in [5.41, 5.74) is -0.597. The Labute approximate surface area is 120 Å². The highest BCUT2D eigenvalue weighted by molar-refractivity contribution is 5.78. The van der Waals surface area contributed by atoms with Crippen molar-refractivity contribution in [3.8, 4) is 0 Å². The third-order valence-corrected chi connectivity index (χ3v) is 4.88. The molecule has 20 heavy (non-hydrogen) atoms. The van der Waals surface area contributed by atoms with Gasteiger partial charge in [0.15, 0.2) is 0 Å². The first-order valence-electron chi connectivity index (χ1n) is 7.79. The van der Waals surface area contributed by atoms with Crippen molar-refractivity contribution in [1.82, 2.24) is 10.2 Å². The van der Waals surface area contributed by atoms with Crippen molar-refractivity contribution in [2.24, 2.45) is 11.3 Å². The SMILES string of the molecule is CCCC1(C(=O)O)CCN(C(=O)CC2CCNC2)CC1. The summed E-state index contributed by atoms with van der Waals surface area (Å²) >= 11 is 0. The highest BCUT2D eigenvalue weighted by atomic mass is 16.4. The molecule has 5 nitrogen and oxygen atoms in total. The minimum Gasteiger partial charge on any atom is -0.481 e. The molecule has 2 rings (SSSR count). The highest BCUT2D eigenvalue weighted by Crippen LogP contribution is 2.36. The van der Waals surface area contributed by atoms with Crippen molar-refractivity contribution in [3.63, 3.8) is 0 Å². The van der Waals surface area contributed by atoms with Crippen molar-refractivity contribution < 1.29 is 14.7 Å². The fourth-order valence-electron chi connectivity index (χ4n) is 3.50. The molecule has 2 saturated heterocycles. The zero-order chi connectivity index (χ0) is 14.6. The predicted molar refractivity (Wildman–Crippen MR) is 76.4 cm³/mol. The van der Waals surface area contributed by atoms with Gasteiger partial charge in [-0.25, -0.2) is 0 Å². The Balaban J connectivity index is 1.86. The van der Waals surface area contributed by atoms with Gasteiger partial charge >= 0.3 is 5.97 Å². The number of hydrogen-bond acceptors (Lipinski definition) is 3. The number of nitrogens with one attached hydrogen (secondary N) is 1. The van der Waals surface area contributed by atoms with Crippen LogP contribution in [-0.2, 0) is 9.59 Å². The molecule has 114 valence electrons. The maximum atomic E-state index is 12.2. The number of amides is 1. The second-order valence-electron chi connectivity index (χ2n) is 6.28. The molecule has 0 aromatic rings. The van der Waals surface area contributed by atoms with E-state index >= 15 is 0 Å². The second kappa shape index (κ2) is 6.57. The molecule has 0 saturated carbocycles. The molecule has 0 aromatic carbocycles. The monoisotopic (exact) mass is 282 g/mol. The number of rotatable bonds is 5. The van der Waals surface area contributed by atoms with Gasteiger partial charge in [0.2, 0.25) is 5.91 Å². The summed E-state index contributed by atoms with van der Waals surface area (Å²) in [6, 6.07) is 0. The maximum absolute atomic E-state index is 12.2. The Morgan fingerprint density at radius 3 is 2.55 bits per heavy atom. The molecule has 0 radical (unpaired) electrons. The standard InChI is InChI=1S/C15H26N2O3/c1-2-4-15(14(19)20)5-8-17(9-6-15)13(18)10-12-3-7-16-11-12/h12,16H,2-11H2,1H3,(H,19,20). The molecule has 2 aliphatic heterocycles. The lowest BCUT2D eigenvalue weighted by Crippen LogP contribution is -2.46. The average Bonchev–Trinajstić information content (AvgIpc) is 2.92. The molecule has 1 amide bonds. The molecule has 1 unspecified atom stereocenters. The van der Waals surface area contributed by atoms with Gasteiger partial charge in [-0.05, 0) is 44.7 Å². The van der Waals surface area contributed by atoms with Gasteiger partial charge in [-0.2, -0.15) is 0 Å². The van der Waals surface area contributed by atoms with Crippen LogP contribution in [0.15, 0.2) is 0 Å². The van der Waals surface area contributed by atoms with E-state index in [9.17, 15) is 14.7 Å². The van der Waals surface area contributed by atoms with E-state index in [0.29, 0.717) is 38.3 Å². The zero-order valence-electron chi connectivity index (χ0n) is 12.4. The van der Waals surface area contributed by atoms with Crippen LogP contribution in [0.3, 0.4) is 0 Å². The van der Waals surface area contributed by atoms with Crippen molar-refractivity contribution >= 4 is 11.9 Å². The minimum absolute atomic E-state index is 0.203. The number of piperidine rings is 1. The van der Waals surface area contributed by atoms with E-state index in [1.165, 1.54) is 0 Å². The third-order valence-electron chi connectivity index (χ3n) is 4.88. The Hall–Kier alpha value is -1.10. The highest BCUT2D eigenvalue weighted by Gasteiger charge is 2.41. The normalized spacial score (nSPS) is 25.6. The van der Waals surface area contributed by atoms with E-state index in [0.717, 1.165) is 32.4 Å². The summed E-state index contributed by atoms with van der Waals surface area (Å²) in [7, 11) is 0. The van der Waals surface area contributed by atoms with Crippen molar-refractivity contribution in [2.45, 2.75) is 45.4 Å². The van der Waals surface area contributed by atoms with Crippen LogP contribution in [-0.4, -0.2) is 48.1 Å². The Bertz CT molecular complexity index is 356. The average molecular weight is 282 g/mol. The molecule has 2 aliphatic rings. The van der Waals surface area contributed by atoms with E-state index in [1.54, 1.807) is 0 Å². The van der Waals surface area contributed by atoms with Gasteiger partial charge in [-0.1, -0.05) is 13.3 Å². The summed E-state index contributed by atoms with van der Waals surface area (Å²) in [5, 5.41) is 12.7. The first-order valence-corrected chi connectivity index (χ1v) is 7.79. The van der Waals surface area contributed by atoms with E-state index in [2.05, 4.69) is 5.32 Å². The van der Waals surface area contributed by atoms with Crippen molar-refractivity contribution in [3.05, 3.63) is 0 Å². The summed E-state index contributed by atoms with van der Waals surface area (Å²) < 4.78 is 0. The predicted octanol–water partition coefficient (Wildman–Crippen LogP) is 1.48. The lowest BCUT2D eigenvalue weighted by molar-refractivity contribution is -0.155. The molecule has 2 N–H and O–H groups in total. The van der Waals surface area contributed by atoms with Crippen LogP contribution in [0.1, 0.15) is 45.4 Å². The number of likely N-dealkylation sites (tertiary alicyclic amines) is 1. The molecule has 0 aliphatic carbocycles. The smallest absolute Gasteiger partial charge is 0.309 e. The summed E-state index contributed by atoms with van der Waals surface area (Å²) in [5.74, 6) is -0.0232. The van der Waals surface area contributed by atoms with Gasteiger partial charge in [0.25, 0.3) is 0 Å². The van der Waals surface area contributed by atoms with E-state index in [4.69, 9.17) is 0 Å². The first-order chi connectivity index (χ1) is 9.57.